The van der Waals surface area contributed by atoms with Crippen LogP contribution < -0.4 is 21.5 Å². The fourth-order valence-corrected chi connectivity index (χ4v) is 4.12. The molecule has 11 nitrogen and oxygen atoms in total. The number of nitrogens with one attached hydrogen (secondary N) is 3. The molecule has 0 bridgehead atoms. The van der Waals surface area contributed by atoms with E-state index in [1.165, 1.54) is 18.2 Å². The molecule has 0 fully saturated rings. The van der Waals surface area contributed by atoms with Crippen molar-refractivity contribution in [3.63, 3.8) is 0 Å². The van der Waals surface area contributed by atoms with Gasteiger partial charge in [-0.2, -0.15) is 0 Å². The summed E-state index contributed by atoms with van der Waals surface area (Å²) in [6, 6.07) is 15.9. The number of amides is 3. The van der Waals surface area contributed by atoms with Crippen LogP contribution in [-0.2, 0) is 0 Å². The van der Waals surface area contributed by atoms with Gasteiger partial charge in [0.15, 0.2) is 0 Å². The topological polar surface area (TPSA) is 184 Å². The smallest absolute Gasteiger partial charge is 0.364 e. The van der Waals surface area contributed by atoms with Gasteiger partial charge >= 0.3 is 6.03 Å². The molecule has 3 aromatic rings. The molecule has 0 aromatic heterocycles. The lowest BCUT2D eigenvalue weighted by Crippen LogP contribution is -2.07. The summed E-state index contributed by atoms with van der Waals surface area (Å²) in [7, 11) is 1.59. The number of H-pyrrole nitrogens is 2. The Kier molecular flexibility index (Phi) is 5.49. The van der Waals surface area contributed by atoms with E-state index in [0.29, 0.717) is 50.5 Å². The number of fused-ring (bicyclic) bond motifs is 3. The Morgan fingerprint density at radius 2 is 1.64 bits per heavy atom. The van der Waals surface area contributed by atoms with Gasteiger partial charge in [0.05, 0.1) is 35.1 Å². The number of carbonyl (C=O) groups is 2. The van der Waals surface area contributed by atoms with E-state index in [1.807, 2.05) is 30.3 Å². The monoisotopic (exact) mass is 483 g/mol. The van der Waals surface area contributed by atoms with E-state index >= 15 is 0 Å². The maximum Gasteiger partial charge on any atom is 0.364 e. The number of azo groups is 1. The van der Waals surface area contributed by atoms with Crippen LogP contribution in [0, 0.1) is 0 Å². The van der Waals surface area contributed by atoms with Gasteiger partial charge in [-0.25, -0.2) is 4.79 Å². The zero-order valence-electron chi connectivity index (χ0n) is 19.0. The summed E-state index contributed by atoms with van der Waals surface area (Å²) in [5.74, 6) is -0.0896. The summed E-state index contributed by atoms with van der Waals surface area (Å²) in [4.78, 5) is 24.7. The molecule has 1 aliphatic heterocycles. The first-order chi connectivity index (χ1) is 17.4. The van der Waals surface area contributed by atoms with E-state index < -0.39 is 11.9 Å². The minimum atomic E-state index is -0.890. The van der Waals surface area contributed by atoms with Crippen molar-refractivity contribution in [2.24, 2.45) is 10.2 Å². The Hall–Kier alpha value is -5.32. The summed E-state index contributed by atoms with van der Waals surface area (Å²) < 4.78 is 5.21. The zero-order valence-corrected chi connectivity index (χ0v) is 19.0. The fourth-order valence-electron chi connectivity index (χ4n) is 4.12. The number of aromatic hydroxyl groups is 1. The molecule has 0 spiro atoms. The van der Waals surface area contributed by atoms with Gasteiger partial charge in [0.25, 0.3) is 5.91 Å². The van der Waals surface area contributed by atoms with Gasteiger partial charge in [-0.3, -0.25) is 15.0 Å². The lowest BCUT2D eigenvalue weighted by molar-refractivity contribution is 0.0994. The minimum Gasteiger partial charge on any atom is -0.506 e. The van der Waals surface area contributed by atoms with Crippen molar-refractivity contribution in [3.8, 4) is 34.0 Å². The first-order valence-electron chi connectivity index (χ1n) is 10.8. The molecule has 11 heteroatoms. The number of hydrogen-bond acceptors (Lipinski definition) is 6. The molecule has 3 aromatic carbocycles. The van der Waals surface area contributed by atoms with E-state index in [2.05, 4.69) is 25.7 Å². The van der Waals surface area contributed by atoms with Crippen molar-refractivity contribution >= 4 is 39.8 Å². The number of ether oxygens (including phenoxy) is 1. The molecule has 1 heterocycles. The van der Waals surface area contributed by atoms with E-state index in [-0.39, 0.29) is 11.3 Å². The van der Waals surface area contributed by atoms with E-state index in [0.717, 1.165) is 5.56 Å². The van der Waals surface area contributed by atoms with Crippen LogP contribution in [0.25, 0.3) is 33.3 Å². The van der Waals surface area contributed by atoms with Gasteiger partial charge in [-0.05, 0) is 48.5 Å². The molecular weight excluding hydrogens is 462 g/mol. The normalized spacial score (nSPS) is 11.4. The number of urea groups is 1. The molecular formula is C25H21N7O4. The number of carbonyl (C=O) groups excluding carboxylic acids is 2. The van der Waals surface area contributed by atoms with Crippen LogP contribution in [-0.4, -0.2) is 34.4 Å². The first kappa shape index (κ1) is 22.5. The van der Waals surface area contributed by atoms with Crippen LogP contribution in [0.15, 0.2) is 70.9 Å². The predicted molar refractivity (Wildman–Crippen MR) is 136 cm³/mol. The van der Waals surface area contributed by atoms with Crippen LogP contribution >= 0.6 is 0 Å². The molecule has 0 unspecified atom stereocenters. The lowest BCUT2D eigenvalue weighted by atomic mass is 10.1. The van der Waals surface area contributed by atoms with Crippen LogP contribution in [0.4, 0.5) is 21.9 Å². The molecule has 36 heavy (non-hydrogen) atoms. The van der Waals surface area contributed by atoms with Gasteiger partial charge in [-0.15, -0.1) is 5.11 Å². The van der Waals surface area contributed by atoms with Gasteiger partial charge in [0, 0.05) is 27.9 Å². The average Bonchev–Trinajstić information content (AvgIpc) is 3.42. The van der Waals surface area contributed by atoms with Gasteiger partial charge in [0.2, 0.25) is 0 Å². The molecule has 8 N–H and O–H groups in total. The largest absolute Gasteiger partial charge is 0.506 e. The van der Waals surface area contributed by atoms with Crippen LogP contribution in [0.5, 0.6) is 11.5 Å². The van der Waals surface area contributed by atoms with Crippen molar-refractivity contribution in [1.82, 2.24) is 10.2 Å². The van der Waals surface area contributed by atoms with Crippen LogP contribution in [0.1, 0.15) is 10.4 Å². The highest BCUT2D eigenvalue weighted by Crippen LogP contribution is 2.49. The zero-order chi connectivity index (χ0) is 25.4. The number of nitrogens with zero attached hydrogens (tertiary/aromatic N) is 2. The highest BCUT2D eigenvalue weighted by Gasteiger charge is 2.26. The molecule has 0 saturated heterocycles. The highest BCUT2D eigenvalue weighted by molar-refractivity contribution is 6.16. The standard InChI is InChI=1S/C25H21N7O4/c1-36-16-7-5-12(6-8-16)21-20-22(30-29-21)17-3-2-4-18(19(17)23(20)33)28-25(35)32-31-24(34)13-9-14(26)11-15(27)10-13/h2-11,29-30,33H,26-27H2,1H3,(H,28,35). The summed E-state index contributed by atoms with van der Waals surface area (Å²) in [5, 5.41) is 27.9. The number of aromatic amines is 2. The second kappa shape index (κ2) is 8.80. The molecule has 0 atom stereocenters. The van der Waals surface area contributed by atoms with Crippen molar-refractivity contribution in [1.29, 1.82) is 0 Å². The van der Waals surface area contributed by atoms with E-state index in [1.54, 1.807) is 19.2 Å². The fraction of sp³-hybridized carbons (Fsp3) is 0.0400. The molecule has 5 rings (SSSR count). The highest BCUT2D eigenvalue weighted by atomic mass is 16.5. The Morgan fingerprint density at radius 1 is 0.944 bits per heavy atom. The number of nitrogen functional groups attached to an aromatic ring is 2. The number of benzene rings is 3. The molecule has 0 saturated carbocycles. The summed E-state index contributed by atoms with van der Waals surface area (Å²) in [6.07, 6.45) is 0. The Balaban J connectivity index is 1.45. The quantitative estimate of drug-likeness (QED) is 0.155. The molecule has 0 radical (unpaired) electrons. The van der Waals surface area contributed by atoms with Crippen molar-refractivity contribution in [3.05, 3.63) is 66.2 Å². The lowest BCUT2D eigenvalue weighted by Gasteiger charge is -2.05. The van der Waals surface area contributed by atoms with Crippen LogP contribution in [0.3, 0.4) is 0 Å². The third-order valence-corrected chi connectivity index (χ3v) is 5.70. The summed E-state index contributed by atoms with van der Waals surface area (Å²) in [5.41, 5.74) is 15.1. The Bertz CT molecular complexity index is 1600. The second-order valence-electron chi connectivity index (χ2n) is 8.00. The second-order valence-corrected chi connectivity index (χ2v) is 8.00. The van der Waals surface area contributed by atoms with Crippen molar-refractivity contribution in [2.75, 3.05) is 23.9 Å². The number of nitrogens with two attached hydrogens (primary N) is 2. The molecule has 2 aliphatic rings. The van der Waals surface area contributed by atoms with E-state index in [4.69, 9.17) is 16.2 Å². The van der Waals surface area contributed by atoms with Gasteiger partial charge < -0.3 is 26.6 Å². The van der Waals surface area contributed by atoms with Gasteiger partial charge in [0.1, 0.15) is 11.5 Å². The Morgan fingerprint density at radius 3 is 2.33 bits per heavy atom. The molecule has 1 aliphatic carbocycles. The third-order valence-electron chi connectivity index (χ3n) is 5.70. The maximum absolute atomic E-state index is 12.5. The SMILES string of the molecule is COc1ccc(-c2[nH][nH]c3c4cccc(NC(=O)N=NC(=O)c5cc(N)cc(N)c5)c4c(O)c2-3)cc1. The Labute approximate surface area is 204 Å². The van der Waals surface area contributed by atoms with Crippen molar-refractivity contribution < 1.29 is 19.4 Å². The minimum absolute atomic E-state index is 0.0255. The van der Waals surface area contributed by atoms with Crippen molar-refractivity contribution in [2.45, 2.75) is 0 Å². The summed E-state index contributed by atoms with van der Waals surface area (Å²) in [6.45, 7) is 0. The maximum atomic E-state index is 12.5. The van der Waals surface area contributed by atoms with E-state index in [9.17, 15) is 14.7 Å². The number of rotatable bonds is 4. The number of aromatic nitrogens is 2. The number of anilines is 3. The first-order valence-corrected chi connectivity index (χ1v) is 10.8. The average molecular weight is 483 g/mol. The third kappa shape index (κ3) is 3.94. The van der Waals surface area contributed by atoms with Gasteiger partial charge in [-0.1, -0.05) is 17.2 Å². The van der Waals surface area contributed by atoms with Crippen LogP contribution in [0.2, 0.25) is 0 Å². The number of hydrogen-bond donors (Lipinski definition) is 6. The predicted octanol–water partition coefficient (Wildman–Crippen LogP) is 4.97. The molecule has 180 valence electrons. The number of methoxy groups -OCH3 is 1. The summed E-state index contributed by atoms with van der Waals surface area (Å²) >= 11 is 0. The molecule has 3 amide bonds.